The number of nitrogens with zero attached hydrogens (tertiary/aromatic N) is 1. The van der Waals surface area contributed by atoms with E-state index in [0.29, 0.717) is 6.04 Å². The zero-order valence-corrected chi connectivity index (χ0v) is 12.2. The summed E-state index contributed by atoms with van der Waals surface area (Å²) >= 11 is 0. The quantitative estimate of drug-likeness (QED) is 0.837. The molecule has 0 aromatic carbocycles. The van der Waals surface area contributed by atoms with Crippen LogP contribution in [0, 0.1) is 5.92 Å². The summed E-state index contributed by atoms with van der Waals surface area (Å²) in [5.41, 5.74) is 6.89. The molecule has 2 fully saturated rings. The number of likely N-dealkylation sites (N-methyl/N-ethyl adjacent to an activating group) is 1. The number of hydrogen-bond donors (Lipinski definition) is 1. The summed E-state index contributed by atoms with van der Waals surface area (Å²) in [7, 11) is 4.43. The highest BCUT2D eigenvalue weighted by Gasteiger charge is 2.40. The first kappa shape index (κ1) is 14.3. The van der Waals surface area contributed by atoms with Crippen LogP contribution in [0.1, 0.15) is 51.4 Å². The van der Waals surface area contributed by atoms with Gasteiger partial charge in [0, 0.05) is 24.8 Å². The van der Waals surface area contributed by atoms with Crippen LogP contribution in [0.15, 0.2) is 0 Å². The number of nitrogens with two attached hydrogens (primary N) is 1. The van der Waals surface area contributed by atoms with Gasteiger partial charge < -0.3 is 15.4 Å². The van der Waals surface area contributed by atoms with Crippen molar-refractivity contribution >= 4 is 0 Å². The average molecular weight is 254 g/mol. The number of rotatable bonds is 4. The van der Waals surface area contributed by atoms with E-state index in [-0.39, 0.29) is 5.54 Å². The van der Waals surface area contributed by atoms with Crippen LogP contribution in [-0.4, -0.2) is 43.8 Å². The van der Waals surface area contributed by atoms with E-state index in [1.165, 1.54) is 51.4 Å². The van der Waals surface area contributed by atoms with Crippen molar-refractivity contribution < 1.29 is 4.74 Å². The molecule has 1 saturated carbocycles. The Bertz CT molecular complexity index is 243. The molecule has 3 heteroatoms. The molecule has 106 valence electrons. The molecule has 0 amide bonds. The van der Waals surface area contributed by atoms with E-state index in [9.17, 15) is 0 Å². The van der Waals surface area contributed by atoms with Crippen LogP contribution in [0.3, 0.4) is 0 Å². The largest absolute Gasteiger partial charge is 0.381 e. The van der Waals surface area contributed by atoms with Crippen LogP contribution < -0.4 is 5.73 Å². The van der Waals surface area contributed by atoms with Gasteiger partial charge in [-0.3, -0.25) is 0 Å². The van der Waals surface area contributed by atoms with Gasteiger partial charge in [0.2, 0.25) is 0 Å². The lowest BCUT2D eigenvalue weighted by molar-refractivity contribution is 0.0333. The molecule has 1 heterocycles. The molecule has 0 spiro atoms. The van der Waals surface area contributed by atoms with Crippen molar-refractivity contribution in [3.8, 4) is 0 Å². The Morgan fingerprint density at radius 1 is 1.17 bits per heavy atom. The smallest absolute Gasteiger partial charge is 0.0468 e. The van der Waals surface area contributed by atoms with Crippen LogP contribution in [0.4, 0.5) is 0 Å². The van der Waals surface area contributed by atoms with Gasteiger partial charge in [0.15, 0.2) is 0 Å². The third-order valence-electron chi connectivity index (χ3n) is 5.23. The highest BCUT2D eigenvalue weighted by Crippen LogP contribution is 2.37. The van der Waals surface area contributed by atoms with E-state index in [1.807, 2.05) is 0 Å². The monoisotopic (exact) mass is 254 g/mol. The van der Waals surface area contributed by atoms with Gasteiger partial charge >= 0.3 is 0 Å². The minimum absolute atomic E-state index is 0.260. The molecule has 18 heavy (non-hydrogen) atoms. The molecule has 3 nitrogen and oxygen atoms in total. The van der Waals surface area contributed by atoms with Crippen LogP contribution in [-0.2, 0) is 4.74 Å². The fourth-order valence-electron chi connectivity index (χ4n) is 3.87. The Morgan fingerprint density at radius 2 is 1.78 bits per heavy atom. The van der Waals surface area contributed by atoms with E-state index < -0.39 is 0 Å². The molecule has 2 N–H and O–H groups in total. The van der Waals surface area contributed by atoms with Gasteiger partial charge in [0.05, 0.1) is 0 Å². The van der Waals surface area contributed by atoms with E-state index in [4.69, 9.17) is 10.5 Å². The van der Waals surface area contributed by atoms with Gasteiger partial charge in [-0.25, -0.2) is 0 Å². The Hall–Kier alpha value is -0.120. The molecule has 1 atom stereocenters. The molecule has 1 aliphatic carbocycles. The minimum atomic E-state index is 0.260. The summed E-state index contributed by atoms with van der Waals surface area (Å²) in [4.78, 5) is 2.41. The fraction of sp³-hybridized carbons (Fsp3) is 1.00. The van der Waals surface area contributed by atoms with E-state index >= 15 is 0 Å². The zero-order chi connectivity index (χ0) is 13.0. The third kappa shape index (κ3) is 3.06. The van der Waals surface area contributed by atoms with Crippen LogP contribution in [0.25, 0.3) is 0 Å². The molecule has 0 radical (unpaired) electrons. The van der Waals surface area contributed by atoms with Crippen LogP contribution in [0.2, 0.25) is 0 Å². The van der Waals surface area contributed by atoms with Gasteiger partial charge in [0.25, 0.3) is 0 Å². The summed E-state index contributed by atoms with van der Waals surface area (Å²) < 4.78 is 5.45. The lowest BCUT2D eigenvalue weighted by Crippen LogP contribution is -2.59. The van der Waals surface area contributed by atoms with Crippen molar-refractivity contribution in [3.63, 3.8) is 0 Å². The van der Waals surface area contributed by atoms with Crippen molar-refractivity contribution in [1.82, 2.24) is 4.90 Å². The average Bonchev–Trinajstić information content (AvgIpc) is 2.40. The predicted molar refractivity (Wildman–Crippen MR) is 75.6 cm³/mol. The Kier molecular flexibility index (Phi) is 5.05. The highest BCUT2D eigenvalue weighted by atomic mass is 16.5. The number of ether oxygens (including phenoxy) is 1. The molecule has 1 unspecified atom stereocenters. The molecular weight excluding hydrogens is 224 g/mol. The van der Waals surface area contributed by atoms with Gasteiger partial charge in [-0.2, -0.15) is 0 Å². The lowest BCUT2D eigenvalue weighted by atomic mass is 9.72. The molecule has 0 aromatic rings. The zero-order valence-electron chi connectivity index (χ0n) is 12.2. The first-order valence-corrected chi connectivity index (χ1v) is 7.66. The maximum Gasteiger partial charge on any atom is 0.0468 e. The SMILES string of the molecule is CN(C)C1(C(N)CC2CCOCC2)CCCCC1. The van der Waals surface area contributed by atoms with Crippen molar-refractivity contribution in [2.24, 2.45) is 11.7 Å². The molecule has 2 aliphatic rings. The van der Waals surface area contributed by atoms with Gasteiger partial charge in [-0.15, -0.1) is 0 Å². The standard InChI is InChI=1S/C15H30N2O/c1-17(2)15(8-4-3-5-9-15)14(16)12-13-6-10-18-11-7-13/h13-14H,3-12,16H2,1-2H3. The van der Waals surface area contributed by atoms with Gasteiger partial charge in [-0.1, -0.05) is 19.3 Å². The van der Waals surface area contributed by atoms with Crippen molar-refractivity contribution in [1.29, 1.82) is 0 Å². The summed E-state index contributed by atoms with van der Waals surface area (Å²) in [5.74, 6) is 0.785. The molecule has 0 bridgehead atoms. The highest BCUT2D eigenvalue weighted by molar-refractivity contribution is 4.99. The second-order valence-corrected chi connectivity index (χ2v) is 6.46. The lowest BCUT2D eigenvalue weighted by Gasteiger charge is -2.48. The Balaban J connectivity index is 1.96. The van der Waals surface area contributed by atoms with E-state index in [1.54, 1.807) is 0 Å². The summed E-state index contributed by atoms with van der Waals surface area (Å²) in [5, 5.41) is 0. The van der Waals surface area contributed by atoms with E-state index in [2.05, 4.69) is 19.0 Å². The Labute approximate surface area is 112 Å². The molecule has 1 saturated heterocycles. The predicted octanol–water partition coefficient (Wildman–Crippen LogP) is 2.39. The molecule has 0 aromatic heterocycles. The van der Waals surface area contributed by atoms with E-state index in [0.717, 1.165) is 19.1 Å². The summed E-state index contributed by atoms with van der Waals surface area (Å²) in [6.45, 7) is 1.87. The van der Waals surface area contributed by atoms with Crippen molar-refractivity contribution in [3.05, 3.63) is 0 Å². The summed E-state index contributed by atoms with van der Waals surface area (Å²) in [6.07, 6.45) is 10.2. The molecule has 2 rings (SSSR count). The Morgan fingerprint density at radius 3 is 2.33 bits per heavy atom. The van der Waals surface area contributed by atoms with Crippen molar-refractivity contribution in [2.45, 2.75) is 62.9 Å². The summed E-state index contributed by atoms with van der Waals surface area (Å²) in [6, 6.07) is 0.330. The van der Waals surface area contributed by atoms with Crippen molar-refractivity contribution in [2.75, 3.05) is 27.3 Å². The molecule has 1 aliphatic heterocycles. The maximum atomic E-state index is 6.63. The van der Waals surface area contributed by atoms with Gasteiger partial charge in [0.1, 0.15) is 0 Å². The first-order chi connectivity index (χ1) is 8.65. The normalized spacial score (nSPS) is 27.3. The second-order valence-electron chi connectivity index (χ2n) is 6.46. The minimum Gasteiger partial charge on any atom is -0.381 e. The van der Waals surface area contributed by atoms with Gasteiger partial charge in [-0.05, 0) is 52.1 Å². The van der Waals surface area contributed by atoms with Crippen LogP contribution >= 0.6 is 0 Å². The third-order valence-corrected chi connectivity index (χ3v) is 5.23. The number of hydrogen-bond acceptors (Lipinski definition) is 3. The molecular formula is C15H30N2O. The second kappa shape index (κ2) is 6.36. The van der Waals surface area contributed by atoms with Crippen LogP contribution in [0.5, 0.6) is 0 Å². The maximum absolute atomic E-state index is 6.63. The topological polar surface area (TPSA) is 38.5 Å². The first-order valence-electron chi connectivity index (χ1n) is 7.66. The fourth-order valence-corrected chi connectivity index (χ4v) is 3.87.